The normalized spacial score (nSPS) is 32.2. The lowest BCUT2D eigenvalue weighted by Crippen LogP contribution is -2.55. The number of nitrogens with zero attached hydrogens (tertiary/aromatic N) is 1. The monoisotopic (exact) mass is 299 g/mol. The Balaban J connectivity index is 2.11. The van der Waals surface area contributed by atoms with Crippen LogP contribution < -0.4 is 0 Å². The Morgan fingerprint density at radius 2 is 2.00 bits per heavy atom. The number of rotatable bonds is 3. The summed E-state index contributed by atoms with van der Waals surface area (Å²) in [6.07, 6.45) is 3.03. The fourth-order valence-electron chi connectivity index (χ4n) is 3.69. The van der Waals surface area contributed by atoms with Gasteiger partial charge >= 0.3 is 12.1 Å². The molecule has 0 spiro atoms. The summed E-state index contributed by atoms with van der Waals surface area (Å²) in [5.74, 6) is 0.718. The zero-order valence-electron chi connectivity index (χ0n) is 12.8. The van der Waals surface area contributed by atoms with Crippen LogP contribution in [-0.4, -0.2) is 55.0 Å². The van der Waals surface area contributed by atoms with Crippen molar-refractivity contribution < 1.29 is 24.2 Å². The molecule has 0 bridgehead atoms. The maximum absolute atomic E-state index is 12.1. The molecule has 1 saturated carbocycles. The molecule has 2 aliphatic rings. The van der Waals surface area contributed by atoms with Crippen LogP contribution in [0.15, 0.2) is 0 Å². The number of hydrogen-bond acceptors (Lipinski definition) is 5. The highest BCUT2D eigenvalue weighted by Gasteiger charge is 2.44. The largest absolute Gasteiger partial charge is 0.464 e. The molecule has 4 atom stereocenters. The highest BCUT2D eigenvalue weighted by Crippen LogP contribution is 2.41. The summed E-state index contributed by atoms with van der Waals surface area (Å²) in [5.41, 5.74) is 0. The van der Waals surface area contributed by atoms with Crippen LogP contribution in [0.1, 0.15) is 32.6 Å². The van der Waals surface area contributed by atoms with Gasteiger partial charge in [-0.1, -0.05) is 0 Å². The number of carbonyl (C=O) groups is 2. The van der Waals surface area contributed by atoms with Crippen molar-refractivity contribution in [1.29, 1.82) is 0 Å². The van der Waals surface area contributed by atoms with Gasteiger partial charge in [-0.3, -0.25) is 4.90 Å². The summed E-state index contributed by atoms with van der Waals surface area (Å²) in [6, 6.07) is -0.559. The summed E-state index contributed by atoms with van der Waals surface area (Å²) in [6.45, 7) is 2.80. The number of esters is 1. The Morgan fingerprint density at radius 3 is 2.62 bits per heavy atom. The van der Waals surface area contributed by atoms with Gasteiger partial charge in [0.05, 0.1) is 13.7 Å². The molecule has 6 heteroatoms. The average Bonchev–Trinajstić information content (AvgIpc) is 2.52. The Bertz CT molecular complexity index is 386. The van der Waals surface area contributed by atoms with Gasteiger partial charge in [-0.2, -0.15) is 0 Å². The first-order valence-corrected chi connectivity index (χ1v) is 7.72. The van der Waals surface area contributed by atoms with Crippen LogP contribution in [0.5, 0.6) is 0 Å². The Kier molecular flexibility index (Phi) is 5.45. The van der Waals surface area contributed by atoms with Crippen LogP contribution in [0, 0.1) is 17.8 Å². The molecule has 1 amide bonds. The Hall–Kier alpha value is -1.30. The second kappa shape index (κ2) is 7.11. The molecule has 21 heavy (non-hydrogen) atoms. The summed E-state index contributed by atoms with van der Waals surface area (Å²) in [7, 11) is 1.33. The van der Waals surface area contributed by atoms with E-state index >= 15 is 0 Å². The van der Waals surface area contributed by atoms with Crippen LogP contribution in [0.25, 0.3) is 0 Å². The van der Waals surface area contributed by atoms with E-state index in [0.29, 0.717) is 37.3 Å². The number of likely N-dealkylation sites (tertiary alicyclic amines) is 1. The standard InChI is InChI=1S/C15H25NO5/c1-3-21-14(18)13-7-12-6-10(9-17)4-5-11(12)8-16(13)15(19)20-2/h10-13,17H,3-9H2,1-2H3/t10-,11+,12-,13+/m1/s1. The topological polar surface area (TPSA) is 76.1 Å². The van der Waals surface area contributed by atoms with E-state index in [-0.39, 0.29) is 12.6 Å². The van der Waals surface area contributed by atoms with Crippen molar-refractivity contribution >= 4 is 12.1 Å². The van der Waals surface area contributed by atoms with E-state index in [2.05, 4.69) is 0 Å². The van der Waals surface area contributed by atoms with Gasteiger partial charge in [0.15, 0.2) is 0 Å². The van der Waals surface area contributed by atoms with E-state index < -0.39 is 12.1 Å². The molecule has 1 heterocycles. The minimum Gasteiger partial charge on any atom is -0.464 e. The fourth-order valence-corrected chi connectivity index (χ4v) is 3.69. The lowest BCUT2D eigenvalue weighted by Gasteiger charge is -2.45. The van der Waals surface area contributed by atoms with E-state index in [0.717, 1.165) is 19.3 Å². The molecule has 1 aliphatic heterocycles. The SMILES string of the molecule is CCOC(=O)[C@@H]1C[C@H]2C[C@H](CO)CC[C@H]2CN1C(=O)OC. The van der Waals surface area contributed by atoms with Gasteiger partial charge in [-0.25, -0.2) is 9.59 Å². The van der Waals surface area contributed by atoms with Gasteiger partial charge in [0.2, 0.25) is 0 Å². The van der Waals surface area contributed by atoms with Crippen LogP contribution in [-0.2, 0) is 14.3 Å². The first-order valence-electron chi connectivity index (χ1n) is 7.72. The van der Waals surface area contributed by atoms with Gasteiger partial charge in [0.25, 0.3) is 0 Å². The number of ether oxygens (including phenoxy) is 2. The zero-order chi connectivity index (χ0) is 15.4. The lowest BCUT2D eigenvalue weighted by atomic mass is 9.69. The number of aliphatic hydroxyl groups excluding tert-OH is 1. The molecule has 0 aromatic heterocycles. The minimum atomic E-state index is -0.559. The molecule has 1 saturated heterocycles. The summed E-state index contributed by atoms with van der Waals surface area (Å²) < 4.78 is 9.91. The van der Waals surface area contributed by atoms with Gasteiger partial charge in [0, 0.05) is 13.2 Å². The van der Waals surface area contributed by atoms with E-state index in [1.165, 1.54) is 12.0 Å². The molecule has 0 aromatic carbocycles. The van der Waals surface area contributed by atoms with Crippen molar-refractivity contribution in [3.05, 3.63) is 0 Å². The first-order chi connectivity index (χ1) is 10.1. The summed E-state index contributed by atoms with van der Waals surface area (Å²) >= 11 is 0. The Labute approximate surface area is 125 Å². The number of amides is 1. The van der Waals surface area contributed by atoms with Crippen LogP contribution in [0.4, 0.5) is 4.79 Å². The minimum absolute atomic E-state index is 0.202. The van der Waals surface area contributed by atoms with E-state index in [1.54, 1.807) is 6.92 Å². The highest BCUT2D eigenvalue weighted by atomic mass is 16.6. The van der Waals surface area contributed by atoms with Crippen molar-refractivity contribution in [2.75, 3.05) is 26.9 Å². The predicted molar refractivity (Wildman–Crippen MR) is 75.6 cm³/mol. The number of hydrogen-bond donors (Lipinski definition) is 1. The first kappa shape index (κ1) is 16.1. The van der Waals surface area contributed by atoms with E-state index in [9.17, 15) is 14.7 Å². The number of fused-ring (bicyclic) bond motifs is 1. The van der Waals surface area contributed by atoms with Crippen LogP contribution in [0.3, 0.4) is 0 Å². The molecule has 0 aromatic rings. The maximum Gasteiger partial charge on any atom is 0.410 e. The fraction of sp³-hybridized carbons (Fsp3) is 0.867. The van der Waals surface area contributed by atoms with E-state index in [4.69, 9.17) is 9.47 Å². The molecule has 0 unspecified atom stereocenters. The molecule has 0 radical (unpaired) electrons. The van der Waals surface area contributed by atoms with E-state index in [1.807, 2.05) is 0 Å². The number of aliphatic hydroxyl groups is 1. The van der Waals surface area contributed by atoms with Crippen LogP contribution >= 0.6 is 0 Å². The zero-order valence-corrected chi connectivity index (χ0v) is 12.8. The molecular weight excluding hydrogens is 274 g/mol. The number of carbonyl (C=O) groups excluding carboxylic acids is 2. The van der Waals surface area contributed by atoms with Crippen molar-refractivity contribution in [3.63, 3.8) is 0 Å². The summed E-state index contributed by atoms with van der Waals surface area (Å²) in [5, 5.41) is 9.34. The number of methoxy groups -OCH3 is 1. The molecule has 6 nitrogen and oxygen atoms in total. The van der Waals surface area contributed by atoms with Gasteiger partial charge in [-0.15, -0.1) is 0 Å². The Morgan fingerprint density at radius 1 is 1.24 bits per heavy atom. The number of piperidine rings is 1. The molecular formula is C15H25NO5. The van der Waals surface area contributed by atoms with Gasteiger partial charge in [-0.05, 0) is 50.4 Å². The molecule has 2 fully saturated rings. The third-order valence-electron chi connectivity index (χ3n) is 4.81. The van der Waals surface area contributed by atoms with Gasteiger partial charge in [0.1, 0.15) is 6.04 Å². The lowest BCUT2D eigenvalue weighted by molar-refractivity contribution is -0.152. The third kappa shape index (κ3) is 3.48. The third-order valence-corrected chi connectivity index (χ3v) is 4.81. The maximum atomic E-state index is 12.1. The molecule has 120 valence electrons. The predicted octanol–water partition coefficient (Wildman–Crippen LogP) is 1.42. The second-order valence-corrected chi connectivity index (χ2v) is 6.01. The molecule has 2 rings (SSSR count). The second-order valence-electron chi connectivity index (χ2n) is 6.01. The van der Waals surface area contributed by atoms with Crippen molar-refractivity contribution in [2.45, 2.75) is 38.6 Å². The van der Waals surface area contributed by atoms with Crippen molar-refractivity contribution in [2.24, 2.45) is 17.8 Å². The summed E-state index contributed by atoms with van der Waals surface area (Å²) in [4.78, 5) is 25.6. The van der Waals surface area contributed by atoms with Gasteiger partial charge < -0.3 is 14.6 Å². The quantitative estimate of drug-likeness (QED) is 0.798. The average molecular weight is 299 g/mol. The van der Waals surface area contributed by atoms with Crippen molar-refractivity contribution in [3.8, 4) is 0 Å². The smallest absolute Gasteiger partial charge is 0.410 e. The van der Waals surface area contributed by atoms with Crippen molar-refractivity contribution in [1.82, 2.24) is 4.90 Å². The highest BCUT2D eigenvalue weighted by molar-refractivity contribution is 5.81. The van der Waals surface area contributed by atoms with Crippen LogP contribution in [0.2, 0.25) is 0 Å². The molecule has 1 N–H and O–H groups in total. The molecule has 1 aliphatic carbocycles.